The molecule has 6 rings (SSSR count). The van der Waals surface area contributed by atoms with Crippen molar-refractivity contribution in [2.24, 2.45) is 29.0 Å². The van der Waals surface area contributed by atoms with Gasteiger partial charge < -0.3 is 37.0 Å². The van der Waals surface area contributed by atoms with E-state index in [4.69, 9.17) is 17.2 Å². The highest BCUT2D eigenvalue weighted by atomic mass is 19.3. The zero-order valence-electron chi connectivity index (χ0n) is 36.6. The molecule has 1 amide bonds. The quantitative estimate of drug-likeness (QED) is 0.0709. The SMILES string of the molecule is CCC.CCN(CN)CC(C)(C)F.CCNC(C(=O)N1CC(F)(F)CC1c1ncc(-c2ccc3c(c2)CC(C(C)C)n2c-3c(F)c3cc(/C(N)=C/N)ccc32)[nH]1)C(C)C. The third-order valence-electron chi connectivity index (χ3n) is 10.8. The second-order valence-electron chi connectivity index (χ2n) is 17.0. The summed E-state index contributed by atoms with van der Waals surface area (Å²) in [6, 6.07) is 9.88. The highest BCUT2D eigenvalue weighted by Gasteiger charge is 2.50. The molecule has 2 aliphatic rings. The summed E-state index contributed by atoms with van der Waals surface area (Å²) in [5.74, 6) is -3.21. The van der Waals surface area contributed by atoms with E-state index in [-0.39, 0.29) is 29.6 Å². The van der Waals surface area contributed by atoms with Crippen molar-refractivity contribution < 1.29 is 22.4 Å². The number of alkyl halides is 3. The number of nitrogens with zero attached hydrogens (tertiary/aromatic N) is 4. The maximum atomic E-state index is 16.3. The predicted octanol–water partition coefficient (Wildman–Crippen LogP) is 8.74. The number of fused-ring (bicyclic) bond motifs is 5. The number of likely N-dealkylation sites (N-methyl/N-ethyl adjacent to an activating group) is 1. The number of benzene rings is 2. The van der Waals surface area contributed by atoms with Crippen LogP contribution in [0.2, 0.25) is 0 Å². The standard InChI is InChI=1S/C35H42F3N7O.C7H17FN2.C3H8/c1-6-41-31(19(4)5)34(46)44-17-35(37,38)14-29(44)33-42-16-26(43-33)21-7-9-23-22(11-21)13-28(18(2)3)45-27-10-8-20(25(40)15-39)12-24(27)30(36)32(23)45;1-4-10(6-9)5-7(2,3)8;1-3-2/h7-12,15-16,18-19,28-29,31,41H,6,13-14,17,39-40H2,1-5H3,(H,42,43);4-6,9H2,1-3H3;3H2,1-2H3/b25-15-;;. The van der Waals surface area contributed by atoms with Gasteiger partial charge in [0, 0.05) is 42.8 Å². The van der Waals surface area contributed by atoms with Crippen LogP contribution in [0.5, 0.6) is 0 Å². The van der Waals surface area contributed by atoms with Crippen LogP contribution in [0.25, 0.3) is 39.1 Å². The molecule has 326 valence electrons. The van der Waals surface area contributed by atoms with Gasteiger partial charge in [-0.1, -0.05) is 80.0 Å². The summed E-state index contributed by atoms with van der Waals surface area (Å²) in [6.07, 6.45) is 4.37. The van der Waals surface area contributed by atoms with Gasteiger partial charge in [-0.05, 0) is 80.1 Å². The van der Waals surface area contributed by atoms with Gasteiger partial charge in [0.2, 0.25) is 5.91 Å². The Balaban J connectivity index is 0.000000514. The van der Waals surface area contributed by atoms with E-state index >= 15 is 4.39 Å². The molecule has 2 aromatic heterocycles. The minimum Gasteiger partial charge on any atom is -0.403 e. The molecule has 0 radical (unpaired) electrons. The Morgan fingerprint density at radius 1 is 1.12 bits per heavy atom. The van der Waals surface area contributed by atoms with Crippen LogP contribution in [-0.2, 0) is 11.2 Å². The van der Waals surface area contributed by atoms with Gasteiger partial charge in [0.15, 0.2) is 5.82 Å². The van der Waals surface area contributed by atoms with Crippen LogP contribution in [0.3, 0.4) is 0 Å². The van der Waals surface area contributed by atoms with E-state index in [9.17, 15) is 18.0 Å². The third kappa shape index (κ3) is 10.9. The number of aromatic nitrogens is 3. The van der Waals surface area contributed by atoms with Crippen molar-refractivity contribution >= 4 is 22.5 Å². The first-order valence-corrected chi connectivity index (χ1v) is 21.0. The summed E-state index contributed by atoms with van der Waals surface area (Å²) >= 11 is 0. The van der Waals surface area contributed by atoms with Gasteiger partial charge in [-0.2, -0.15) is 0 Å². The molecule has 2 aliphatic heterocycles. The Kier molecular flexibility index (Phi) is 15.8. The monoisotopic (exact) mass is 826 g/mol. The number of hydrogen-bond donors (Lipinski definition) is 5. The normalized spacial score (nSPS) is 18.1. The van der Waals surface area contributed by atoms with E-state index < -0.39 is 36.6 Å². The van der Waals surface area contributed by atoms with Gasteiger partial charge in [0.25, 0.3) is 5.92 Å². The number of halogens is 4. The number of imidazole rings is 1. The fourth-order valence-electron chi connectivity index (χ4n) is 7.94. The zero-order valence-corrected chi connectivity index (χ0v) is 36.6. The Labute approximate surface area is 348 Å². The molecule has 59 heavy (non-hydrogen) atoms. The van der Waals surface area contributed by atoms with Crippen molar-refractivity contribution in [2.45, 2.75) is 118 Å². The van der Waals surface area contributed by atoms with Crippen LogP contribution < -0.4 is 22.5 Å². The lowest BCUT2D eigenvalue weighted by molar-refractivity contribution is -0.136. The number of hydrogen-bond acceptors (Lipinski definition) is 7. The molecule has 14 heteroatoms. The average molecular weight is 826 g/mol. The average Bonchev–Trinajstić information content (AvgIpc) is 3.89. The van der Waals surface area contributed by atoms with Crippen LogP contribution in [0.1, 0.15) is 111 Å². The summed E-state index contributed by atoms with van der Waals surface area (Å²) in [6.45, 7) is 20.9. The molecule has 10 nitrogen and oxygen atoms in total. The van der Waals surface area contributed by atoms with Gasteiger partial charge in [-0.25, -0.2) is 22.5 Å². The lowest BCUT2D eigenvalue weighted by Crippen LogP contribution is -2.49. The van der Waals surface area contributed by atoms with Crippen LogP contribution in [0.15, 0.2) is 48.8 Å². The molecule has 0 aliphatic carbocycles. The third-order valence-corrected chi connectivity index (χ3v) is 10.8. The number of carbonyl (C=O) groups excluding carboxylic acids is 1. The zero-order chi connectivity index (χ0) is 44.0. The molecule has 0 spiro atoms. The Morgan fingerprint density at radius 3 is 2.34 bits per heavy atom. The van der Waals surface area contributed by atoms with Crippen molar-refractivity contribution in [2.75, 3.05) is 32.8 Å². The van der Waals surface area contributed by atoms with Crippen LogP contribution in [0.4, 0.5) is 17.6 Å². The highest BCUT2D eigenvalue weighted by Crippen LogP contribution is 2.46. The highest BCUT2D eigenvalue weighted by molar-refractivity contribution is 5.92. The van der Waals surface area contributed by atoms with E-state index in [0.717, 1.165) is 28.8 Å². The second-order valence-corrected chi connectivity index (χ2v) is 17.0. The van der Waals surface area contributed by atoms with E-state index in [0.29, 0.717) is 60.0 Å². The summed E-state index contributed by atoms with van der Waals surface area (Å²) < 4.78 is 60.8. The van der Waals surface area contributed by atoms with Gasteiger partial charge in [-0.15, -0.1) is 0 Å². The number of nitrogens with two attached hydrogens (primary N) is 3. The summed E-state index contributed by atoms with van der Waals surface area (Å²) in [5.41, 5.74) is 21.5. The van der Waals surface area contributed by atoms with Gasteiger partial charge in [0.1, 0.15) is 11.5 Å². The Hall–Kier alpha value is -4.40. The van der Waals surface area contributed by atoms with E-state index in [1.807, 2.05) is 62.9 Å². The van der Waals surface area contributed by atoms with Gasteiger partial charge in [0.05, 0.1) is 47.4 Å². The minimum absolute atomic E-state index is 0.00116. The Bertz CT molecular complexity index is 2040. The number of amides is 1. The van der Waals surface area contributed by atoms with E-state index in [2.05, 4.69) is 47.5 Å². The molecule has 3 unspecified atom stereocenters. The lowest BCUT2D eigenvalue weighted by atomic mass is 9.87. The summed E-state index contributed by atoms with van der Waals surface area (Å²) in [7, 11) is 0. The molecule has 1 saturated heterocycles. The molecule has 3 atom stereocenters. The van der Waals surface area contributed by atoms with Crippen molar-refractivity contribution in [3.63, 3.8) is 0 Å². The molecule has 0 saturated carbocycles. The maximum Gasteiger partial charge on any atom is 0.267 e. The molecule has 4 heterocycles. The van der Waals surface area contributed by atoms with Crippen LogP contribution in [0, 0.1) is 17.7 Å². The first-order chi connectivity index (χ1) is 27.8. The number of aromatic amines is 1. The summed E-state index contributed by atoms with van der Waals surface area (Å²) in [4.78, 5) is 24.3. The Morgan fingerprint density at radius 2 is 1.80 bits per heavy atom. The smallest absolute Gasteiger partial charge is 0.267 e. The molecule has 8 N–H and O–H groups in total. The van der Waals surface area contributed by atoms with Crippen molar-refractivity contribution in [1.82, 2.24) is 29.7 Å². The van der Waals surface area contributed by atoms with Gasteiger partial charge >= 0.3 is 0 Å². The maximum absolute atomic E-state index is 16.3. The lowest BCUT2D eigenvalue weighted by Gasteiger charge is -2.32. The summed E-state index contributed by atoms with van der Waals surface area (Å²) in [5, 5.41) is 3.64. The molecule has 2 aromatic carbocycles. The van der Waals surface area contributed by atoms with Crippen LogP contribution in [-0.4, -0.2) is 80.7 Å². The minimum atomic E-state index is -3.02. The molecule has 0 bridgehead atoms. The largest absolute Gasteiger partial charge is 0.403 e. The van der Waals surface area contributed by atoms with Crippen molar-refractivity contribution in [1.29, 1.82) is 0 Å². The van der Waals surface area contributed by atoms with E-state index in [1.54, 1.807) is 26.1 Å². The van der Waals surface area contributed by atoms with Crippen molar-refractivity contribution in [3.8, 4) is 22.5 Å². The topological polar surface area (TPSA) is 147 Å². The number of rotatable bonds is 12. The number of carbonyl (C=O) groups is 1. The number of H-pyrrole nitrogens is 1. The van der Waals surface area contributed by atoms with Gasteiger partial charge in [-0.3, -0.25) is 9.69 Å². The second kappa shape index (κ2) is 19.8. The van der Waals surface area contributed by atoms with E-state index in [1.165, 1.54) is 17.5 Å². The van der Waals surface area contributed by atoms with Crippen LogP contribution >= 0.6 is 0 Å². The first kappa shape index (κ1) is 47.3. The molecule has 4 aromatic rings. The molecular weight excluding hydrogens is 759 g/mol. The molecule has 1 fully saturated rings. The predicted molar refractivity (Wildman–Crippen MR) is 233 cm³/mol. The molecular formula is C45H67F4N9O. The number of nitrogens with one attached hydrogen (secondary N) is 2. The fraction of sp³-hybridized carbons (Fsp3) is 0.556. The number of likely N-dealkylation sites (tertiary alicyclic amines) is 1. The first-order valence-electron chi connectivity index (χ1n) is 21.0. The fourth-order valence-corrected chi connectivity index (χ4v) is 7.94. The van der Waals surface area contributed by atoms with Crippen molar-refractivity contribution in [3.05, 3.63) is 71.6 Å².